The predicted octanol–water partition coefficient (Wildman–Crippen LogP) is 4.17. The minimum absolute atomic E-state index is 0.0899. The van der Waals surface area contributed by atoms with Gasteiger partial charge in [0.15, 0.2) is 5.13 Å². The Morgan fingerprint density at radius 2 is 1.72 bits per heavy atom. The minimum atomic E-state index is -0.102. The molecule has 3 aromatic rings. The van der Waals surface area contributed by atoms with Crippen LogP contribution < -0.4 is 10.6 Å². The van der Waals surface area contributed by atoms with Crippen LogP contribution in [0.2, 0.25) is 0 Å². The Hall–Kier alpha value is -3.06. The van der Waals surface area contributed by atoms with Crippen LogP contribution in [0.25, 0.3) is 0 Å². The first-order valence-corrected chi connectivity index (χ1v) is 10.5. The van der Waals surface area contributed by atoms with Crippen molar-refractivity contribution in [2.24, 2.45) is 0 Å². The molecule has 0 atom stereocenters. The SMILES string of the molecule is O=C(Cc1cccnc1)Nc1ccc(CC(=O)Nc2ncc(C3CCC3)s2)cc1. The number of carbonyl (C=O) groups excluding carboxylic acids is 2. The zero-order valence-electron chi connectivity index (χ0n) is 15.9. The predicted molar refractivity (Wildman–Crippen MR) is 114 cm³/mol. The molecule has 1 aliphatic rings. The number of aromatic nitrogens is 2. The quantitative estimate of drug-likeness (QED) is 0.617. The van der Waals surface area contributed by atoms with E-state index in [4.69, 9.17) is 0 Å². The zero-order valence-corrected chi connectivity index (χ0v) is 16.7. The first kappa shape index (κ1) is 19.3. The Kier molecular flexibility index (Phi) is 5.95. The van der Waals surface area contributed by atoms with Crippen LogP contribution >= 0.6 is 11.3 Å². The van der Waals surface area contributed by atoms with Gasteiger partial charge in [0.25, 0.3) is 0 Å². The molecular weight excluding hydrogens is 384 g/mol. The average molecular weight is 407 g/mol. The van der Waals surface area contributed by atoms with Gasteiger partial charge in [0.05, 0.1) is 12.8 Å². The lowest BCUT2D eigenvalue weighted by Gasteiger charge is -2.23. The molecule has 2 aromatic heterocycles. The van der Waals surface area contributed by atoms with Crippen LogP contribution in [0.1, 0.15) is 41.2 Å². The second kappa shape index (κ2) is 8.96. The van der Waals surface area contributed by atoms with Gasteiger partial charge in [0.2, 0.25) is 11.8 Å². The van der Waals surface area contributed by atoms with Crippen LogP contribution in [0.5, 0.6) is 0 Å². The molecule has 0 radical (unpaired) electrons. The maximum absolute atomic E-state index is 12.3. The van der Waals surface area contributed by atoms with Crippen LogP contribution in [0.15, 0.2) is 55.0 Å². The van der Waals surface area contributed by atoms with Crippen molar-refractivity contribution in [3.63, 3.8) is 0 Å². The van der Waals surface area contributed by atoms with Crippen molar-refractivity contribution < 1.29 is 9.59 Å². The van der Waals surface area contributed by atoms with E-state index in [1.54, 1.807) is 23.7 Å². The van der Waals surface area contributed by atoms with E-state index in [-0.39, 0.29) is 24.7 Å². The monoisotopic (exact) mass is 406 g/mol. The van der Waals surface area contributed by atoms with Gasteiger partial charge in [0.1, 0.15) is 0 Å². The molecule has 1 saturated carbocycles. The standard InChI is InChI=1S/C22H22N4O2S/c27-20(12-16-3-2-10-23-13-16)25-18-8-6-15(7-9-18)11-21(28)26-22-24-14-19(29-22)17-4-1-5-17/h2-3,6-10,13-14,17H,1,4-5,11-12H2,(H,25,27)(H,24,26,28). The van der Waals surface area contributed by atoms with Gasteiger partial charge < -0.3 is 10.6 Å². The summed E-state index contributed by atoms with van der Waals surface area (Å²) in [5.41, 5.74) is 2.44. The number of pyridine rings is 1. The third kappa shape index (κ3) is 5.26. The van der Waals surface area contributed by atoms with E-state index < -0.39 is 0 Å². The summed E-state index contributed by atoms with van der Waals surface area (Å²) in [6, 6.07) is 11.0. The highest BCUT2D eigenvalue weighted by Gasteiger charge is 2.22. The second-order valence-electron chi connectivity index (χ2n) is 7.20. The lowest BCUT2D eigenvalue weighted by molar-refractivity contribution is -0.116. The second-order valence-corrected chi connectivity index (χ2v) is 8.27. The van der Waals surface area contributed by atoms with Crippen molar-refractivity contribution in [2.75, 3.05) is 10.6 Å². The van der Waals surface area contributed by atoms with Gasteiger partial charge in [0, 0.05) is 29.2 Å². The number of carbonyl (C=O) groups is 2. The van der Waals surface area contributed by atoms with E-state index in [2.05, 4.69) is 20.6 Å². The number of nitrogens with one attached hydrogen (secondary N) is 2. The molecule has 0 unspecified atom stereocenters. The zero-order chi connectivity index (χ0) is 20.1. The van der Waals surface area contributed by atoms with E-state index in [1.165, 1.54) is 24.1 Å². The molecule has 2 heterocycles. The molecule has 0 aliphatic heterocycles. The van der Waals surface area contributed by atoms with E-state index in [0.29, 0.717) is 16.7 Å². The third-order valence-corrected chi connectivity index (χ3v) is 6.04. The van der Waals surface area contributed by atoms with E-state index in [0.717, 1.165) is 11.1 Å². The molecule has 6 nitrogen and oxygen atoms in total. The number of anilines is 2. The number of nitrogens with zero attached hydrogens (tertiary/aromatic N) is 2. The van der Waals surface area contributed by atoms with Gasteiger partial charge in [-0.3, -0.25) is 14.6 Å². The molecule has 1 fully saturated rings. The summed E-state index contributed by atoms with van der Waals surface area (Å²) in [7, 11) is 0. The number of hydrogen-bond acceptors (Lipinski definition) is 5. The van der Waals surface area contributed by atoms with Crippen molar-refractivity contribution in [2.45, 2.75) is 38.0 Å². The lowest BCUT2D eigenvalue weighted by Crippen LogP contribution is -2.15. The molecule has 1 aliphatic carbocycles. The van der Waals surface area contributed by atoms with Gasteiger partial charge in [-0.15, -0.1) is 11.3 Å². The lowest BCUT2D eigenvalue weighted by atomic mass is 9.85. The molecule has 2 N–H and O–H groups in total. The van der Waals surface area contributed by atoms with Crippen molar-refractivity contribution in [1.82, 2.24) is 9.97 Å². The number of thiazole rings is 1. The summed E-state index contributed by atoms with van der Waals surface area (Å²) in [6.07, 6.45) is 9.51. The smallest absolute Gasteiger partial charge is 0.230 e. The maximum Gasteiger partial charge on any atom is 0.230 e. The summed E-state index contributed by atoms with van der Waals surface area (Å²) in [5, 5.41) is 6.40. The summed E-state index contributed by atoms with van der Waals surface area (Å²) >= 11 is 1.57. The fraction of sp³-hybridized carbons (Fsp3) is 0.273. The highest BCUT2D eigenvalue weighted by atomic mass is 32.1. The molecule has 0 saturated heterocycles. The van der Waals surface area contributed by atoms with E-state index >= 15 is 0 Å². The minimum Gasteiger partial charge on any atom is -0.326 e. The largest absolute Gasteiger partial charge is 0.326 e. The molecule has 2 amide bonds. The van der Waals surface area contributed by atoms with Gasteiger partial charge in [-0.05, 0) is 48.1 Å². The fourth-order valence-corrected chi connectivity index (χ4v) is 4.18. The molecule has 29 heavy (non-hydrogen) atoms. The summed E-state index contributed by atoms with van der Waals surface area (Å²) in [6.45, 7) is 0. The maximum atomic E-state index is 12.3. The number of amides is 2. The fourth-order valence-electron chi connectivity index (χ4n) is 3.17. The van der Waals surface area contributed by atoms with Gasteiger partial charge in [-0.25, -0.2) is 4.98 Å². The molecule has 4 rings (SSSR count). The number of benzene rings is 1. The molecular formula is C22H22N4O2S. The first-order valence-electron chi connectivity index (χ1n) is 9.69. The van der Waals surface area contributed by atoms with Crippen LogP contribution in [-0.2, 0) is 22.4 Å². The highest BCUT2D eigenvalue weighted by molar-refractivity contribution is 7.15. The molecule has 7 heteroatoms. The Labute approximate surface area is 173 Å². The van der Waals surface area contributed by atoms with E-state index in [1.807, 2.05) is 42.6 Å². The van der Waals surface area contributed by atoms with Crippen molar-refractivity contribution in [3.8, 4) is 0 Å². The van der Waals surface area contributed by atoms with Crippen LogP contribution in [0, 0.1) is 0 Å². The first-order chi connectivity index (χ1) is 14.2. The van der Waals surface area contributed by atoms with Crippen molar-refractivity contribution >= 4 is 34.0 Å². The molecule has 148 valence electrons. The van der Waals surface area contributed by atoms with Crippen LogP contribution in [0.4, 0.5) is 10.8 Å². The summed E-state index contributed by atoms with van der Waals surface area (Å²) in [4.78, 5) is 34.0. The highest BCUT2D eigenvalue weighted by Crippen LogP contribution is 2.39. The Balaban J connectivity index is 1.26. The van der Waals surface area contributed by atoms with Gasteiger partial charge in [-0.1, -0.05) is 24.6 Å². The Bertz CT molecular complexity index is 982. The number of rotatable bonds is 7. The summed E-state index contributed by atoms with van der Waals surface area (Å²) in [5.74, 6) is 0.432. The topological polar surface area (TPSA) is 84.0 Å². The molecule has 0 bridgehead atoms. The van der Waals surface area contributed by atoms with Crippen molar-refractivity contribution in [3.05, 3.63) is 71.0 Å². The number of hydrogen-bond donors (Lipinski definition) is 2. The Morgan fingerprint density at radius 1 is 0.966 bits per heavy atom. The van der Waals surface area contributed by atoms with Crippen LogP contribution in [0.3, 0.4) is 0 Å². The molecule has 0 spiro atoms. The van der Waals surface area contributed by atoms with Gasteiger partial charge >= 0.3 is 0 Å². The average Bonchev–Trinajstić information content (AvgIpc) is 3.10. The molecule has 1 aromatic carbocycles. The third-order valence-electron chi connectivity index (χ3n) is 4.97. The normalized spacial score (nSPS) is 13.5. The van der Waals surface area contributed by atoms with E-state index in [9.17, 15) is 9.59 Å². The van der Waals surface area contributed by atoms with Crippen LogP contribution in [-0.4, -0.2) is 21.8 Å². The van der Waals surface area contributed by atoms with Crippen molar-refractivity contribution in [1.29, 1.82) is 0 Å². The summed E-state index contributed by atoms with van der Waals surface area (Å²) < 4.78 is 0. The van der Waals surface area contributed by atoms with Gasteiger partial charge in [-0.2, -0.15) is 0 Å². The Morgan fingerprint density at radius 3 is 2.41 bits per heavy atom.